The molecule has 33 heavy (non-hydrogen) atoms. The molecular weight excluding hydrogens is 415 g/mol. The maximum Gasteiger partial charge on any atom is 0.255 e. The van der Waals surface area contributed by atoms with Gasteiger partial charge in [0.1, 0.15) is 17.2 Å². The van der Waals surface area contributed by atoms with Gasteiger partial charge in [-0.3, -0.25) is 4.79 Å². The van der Waals surface area contributed by atoms with Crippen molar-refractivity contribution in [1.82, 2.24) is 5.32 Å². The van der Waals surface area contributed by atoms with Crippen LogP contribution in [0.2, 0.25) is 0 Å². The molecule has 1 amide bonds. The molecule has 1 aromatic heterocycles. The normalized spacial score (nSPS) is 14.0. The molecule has 0 bridgehead atoms. The van der Waals surface area contributed by atoms with E-state index in [0.717, 1.165) is 22.2 Å². The molecule has 0 saturated heterocycles. The topological polar surface area (TPSA) is 45.5 Å². The summed E-state index contributed by atoms with van der Waals surface area (Å²) in [5.74, 6) is -0.115. The number of nitrogens with zero attached hydrogens (tertiary/aromatic N) is 1. The Hall–Kier alpha value is -3.60. The Labute approximate surface area is 193 Å². The first kappa shape index (κ1) is 21.3. The Morgan fingerprint density at radius 2 is 1.70 bits per heavy atom. The molecule has 0 spiro atoms. The molecule has 3 aromatic carbocycles. The van der Waals surface area contributed by atoms with Crippen LogP contribution < -0.4 is 10.2 Å². The van der Waals surface area contributed by atoms with Crippen LogP contribution in [0.1, 0.15) is 36.0 Å². The van der Waals surface area contributed by atoms with Gasteiger partial charge < -0.3 is 14.6 Å². The predicted octanol–water partition coefficient (Wildman–Crippen LogP) is 6.64. The zero-order valence-electron chi connectivity index (χ0n) is 18.9. The summed E-state index contributed by atoms with van der Waals surface area (Å²) in [7, 11) is 3.75. The Morgan fingerprint density at radius 3 is 2.36 bits per heavy atom. The number of nitrogens with one attached hydrogen (secondary N) is 1. The molecule has 5 heteroatoms. The molecule has 1 aliphatic rings. The summed E-state index contributed by atoms with van der Waals surface area (Å²) >= 11 is 0. The fourth-order valence-electron chi connectivity index (χ4n) is 4.92. The van der Waals surface area contributed by atoms with Gasteiger partial charge in [0, 0.05) is 48.4 Å². The number of hydrogen-bond donors (Lipinski definition) is 1. The second kappa shape index (κ2) is 8.74. The number of fused-ring (bicyclic) bond motifs is 1. The summed E-state index contributed by atoms with van der Waals surface area (Å²) < 4.78 is 19.8. The number of rotatable bonds is 5. The summed E-state index contributed by atoms with van der Waals surface area (Å²) in [6, 6.07) is 20.9. The highest BCUT2D eigenvalue weighted by atomic mass is 19.1. The molecule has 4 aromatic rings. The number of carbonyl (C=O) groups is 1. The second-order valence-corrected chi connectivity index (χ2v) is 8.67. The lowest BCUT2D eigenvalue weighted by Gasteiger charge is -2.29. The van der Waals surface area contributed by atoms with E-state index in [9.17, 15) is 9.18 Å². The number of amides is 1. The molecule has 1 N–H and O–H groups in total. The van der Waals surface area contributed by atoms with E-state index in [1.54, 1.807) is 19.2 Å². The lowest BCUT2D eigenvalue weighted by atomic mass is 9.97. The third-order valence-electron chi connectivity index (χ3n) is 6.70. The third-order valence-corrected chi connectivity index (χ3v) is 6.70. The zero-order chi connectivity index (χ0) is 22.9. The Morgan fingerprint density at radius 1 is 1.00 bits per heavy atom. The quantitative estimate of drug-likeness (QED) is 0.377. The van der Waals surface area contributed by atoms with Gasteiger partial charge in [0.15, 0.2) is 0 Å². The van der Waals surface area contributed by atoms with Gasteiger partial charge in [0.05, 0.1) is 5.56 Å². The molecule has 5 rings (SSSR count). The average Bonchev–Trinajstić information content (AvgIpc) is 3.51. The minimum absolute atomic E-state index is 0.232. The van der Waals surface area contributed by atoms with Gasteiger partial charge in [-0.15, -0.1) is 0 Å². The zero-order valence-corrected chi connectivity index (χ0v) is 18.9. The standard InChI is InChI=1S/C28H27FN2O2/c1-30-28(32)26-23-16-22(18-8-4-3-5-9-18)24(31(2)21-10-6-7-11-21)17-25(23)33-27(26)19-12-14-20(29)15-13-19/h3-5,8-9,12-17,21H,6-7,10-11H2,1-2H3,(H,30,32). The first-order valence-corrected chi connectivity index (χ1v) is 11.4. The maximum atomic E-state index is 13.5. The van der Waals surface area contributed by atoms with Crippen LogP contribution in [-0.2, 0) is 0 Å². The Bertz CT molecular complexity index is 1290. The number of hydrogen-bond acceptors (Lipinski definition) is 3. The van der Waals surface area contributed by atoms with Crippen LogP contribution in [-0.4, -0.2) is 26.0 Å². The van der Waals surface area contributed by atoms with E-state index >= 15 is 0 Å². The van der Waals surface area contributed by atoms with Gasteiger partial charge in [-0.05, 0) is 48.7 Å². The highest BCUT2D eigenvalue weighted by molar-refractivity contribution is 6.12. The third kappa shape index (κ3) is 3.88. The number of furan rings is 1. The smallest absolute Gasteiger partial charge is 0.255 e. The van der Waals surface area contributed by atoms with E-state index in [-0.39, 0.29) is 11.7 Å². The van der Waals surface area contributed by atoms with Crippen LogP contribution >= 0.6 is 0 Å². The van der Waals surface area contributed by atoms with Crippen LogP contribution in [0.4, 0.5) is 10.1 Å². The largest absolute Gasteiger partial charge is 0.455 e. The SMILES string of the molecule is CNC(=O)c1c(-c2ccc(F)cc2)oc2cc(N(C)C3CCCC3)c(-c3ccccc3)cc12. The molecule has 1 heterocycles. The van der Waals surface area contributed by atoms with Crippen LogP contribution in [0.15, 0.2) is 71.1 Å². The molecule has 168 valence electrons. The van der Waals surface area contributed by atoms with Gasteiger partial charge in [-0.1, -0.05) is 43.2 Å². The van der Waals surface area contributed by atoms with Crippen molar-refractivity contribution >= 4 is 22.6 Å². The van der Waals surface area contributed by atoms with Gasteiger partial charge in [0.2, 0.25) is 0 Å². The minimum Gasteiger partial charge on any atom is -0.455 e. The van der Waals surface area contributed by atoms with E-state index in [1.165, 1.54) is 37.8 Å². The Balaban J connectivity index is 1.76. The second-order valence-electron chi connectivity index (χ2n) is 8.67. The fraction of sp³-hybridized carbons (Fsp3) is 0.250. The van der Waals surface area contributed by atoms with Crippen molar-refractivity contribution in [3.05, 3.63) is 78.1 Å². The highest BCUT2D eigenvalue weighted by Crippen LogP contribution is 2.42. The lowest BCUT2D eigenvalue weighted by Crippen LogP contribution is -2.29. The summed E-state index contributed by atoms with van der Waals surface area (Å²) in [5.41, 5.74) is 5.01. The van der Waals surface area contributed by atoms with Crippen molar-refractivity contribution in [3.63, 3.8) is 0 Å². The molecule has 0 radical (unpaired) electrons. The van der Waals surface area contributed by atoms with E-state index in [2.05, 4.69) is 41.5 Å². The molecule has 1 aliphatic carbocycles. The molecule has 0 unspecified atom stereocenters. The van der Waals surface area contributed by atoms with Crippen LogP contribution in [0.3, 0.4) is 0 Å². The number of benzene rings is 3. The monoisotopic (exact) mass is 442 g/mol. The van der Waals surface area contributed by atoms with E-state index in [0.29, 0.717) is 28.5 Å². The number of anilines is 1. The van der Waals surface area contributed by atoms with E-state index in [1.807, 2.05) is 18.2 Å². The predicted molar refractivity (Wildman–Crippen MR) is 131 cm³/mol. The summed E-state index contributed by atoms with van der Waals surface area (Å²) in [6.45, 7) is 0. The Kier molecular flexibility index (Phi) is 5.63. The summed E-state index contributed by atoms with van der Waals surface area (Å²) in [5, 5.41) is 3.49. The van der Waals surface area contributed by atoms with Crippen LogP contribution in [0, 0.1) is 5.82 Å². The van der Waals surface area contributed by atoms with Gasteiger partial charge in [-0.2, -0.15) is 0 Å². The molecule has 4 nitrogen and oxygen atoms in total. The van der Waals surface area contributed by atoms with E-state index < -0.39 is 0 Å². The van der Waals surface area contributed by atoms with Crippen molar-refractivity contribution < 1.29 is 13.6 Å². The van der Waals surface area contributed by atoms with Crippen molar-refractivity contribution in [2.24, 2.45) is 0 Å². The summed E-state index contributed by atoms with van der Waals surface area (Å²) in [4.78, 5) is 15.3. The molecular formula is C28H27FN2O2. The molecule has 0 aliphatic heterocycles. The van der Waals surface area contributed by atoms with Crippen LogP contribution in [0.25, 0.3) is 33.4 Å². The maximum absolute atomic E-state index is 13.5. The van der Waals surface area contributed by atoms with Gasteiger partial charge in [-0.25, -0.2) is 4.39 Å². The molecule has 1 saturated carbocycles. The molecule has 1 fully saturated rings. The van der Waals surface area contributed by atoms with E-state index in [4.69, 9.17) is 4.42 Å². The van der Waals surface area contributed by atoms with Crippen molar-refractivity contribution in [2.75, 3.05) is 19.0 Å². The van der Waals surface area contributed by atoms with Crippen molar-refractivity contribution in [2.45, 2.75) is 31.7 Å². The first-order chi connectivity index (χ1) is 16.1. The summed E-state index contributed by atoms with van der Waals surface area (Å²) in [6.07, 6.45) is 4.83. The average molecular weight is 443 g/mol. The van der Waals surface area contributed by atoms with Gasteiger partial charge in [0.25, 0.3) is 5.91 Å². The minimum atomic E-state index is -0.330. The fourth-order valence-corrected chi connectivity index (χ4v) is 4.92. The van der Waals surface area contributed by atoms with Crippen molar-refractivity contribution in [3.8, 4) is 22.5 Å². The van der Waals surface area contributed by atoms with Gasteiger partial charge >= 0.3 is 0 Å². The first-order valence-electron chi connectivity index (χ1n) is 11.4. The number of halogens is 1. The number of carbonyl (C=O) groups excluding carboxylic acids is 1. The molecule has 0 atom stereocenters. The van der Waals surface area contributed by atoms with Crippen LogP contribution in [0.5, 0.6) is 0 Å². The highest BCUT2D eigenvalue weighted by Gasteiger charge is 2.26. The lowest BCUT2D eigenvalue weighted by molar-refractivity contribution is 0.0964. The van der Waals surface area contributed by atoms with Crippen molar-refractivity contribution in [1.29, 1.82) is 0 Å².